The van der Waals surface area contributed by atoms with Gasteiger partial charge in [-0.25, -0.2) is 9.59 Å². The van der Waals surface area contributed by atoms with Gasteiger partial charge in [0, 0.05) is 19.0 Å². The molecule has 2 amide bonds. The van der Waals surface area contributed by atoms with E-state index in [4.69, 9.17) is 4.74 Å². The maximum Gasteiger partial charge on any atom is 0.328 e. The first-order chi connectivity index (χ1) is 13.0. The fourth-order valence-corrected chi connectivity index (χ4v) is 2.91. The summed E-state index contributed by atoms with van der Waals surface area (Å²) in [6.45, 7) is 4.51. The maximum absolute atomic E-state index is 12.8. The summed E-state index contributed by atoms with van der Waals surface area (Å²) in [7, 11) is 1.34. The van der Waals surface area contributed by atoms with Crippen molar-refractivity contribution in [3.63, 3.8) is 0 Å². The highest BCUT2D eigenvalue weighted by molar-refractivity contribution is 5.84. The molecule has 2 rings (SSSR count). The third-order valence-electron chi connectivity index (χ3n) is 4.43. The van der Waals surface area contributed by atoms with E-state index in [1.54, 1.807) is 4.90 Å². The summed E-state index contributed by atoms with van der Waals surface area (Å²) in [6, 6.07) is 18.7. The van der Waals surface area contributed by atoms with Crippen molar-refractivity contribution in [1.29, 1.82) is 0 Å². The van der Waals surface area contributed by atoms with E-state index in [-0.39, 0.29) is 12.1 Å². The first kappa shape index (κ1) is 20.5. The summed E-state index contributed by atoms with van der Waals surface area (Å²) in [5.41, 5.74) is 2.14. The zero-order chi connectivity index (χ0) is 19.6. The lowest BCUT2D eigenvalue weighted by Gasteiger charge is -2.29. The fraction of sp³-hybridized carbons (Fsp3) is 0.364. The molecule has 0 heterocycles. The second-order valence-corrected chi connectivity index (χ2v) is 6.74. The smallest absolute Gasteiger partial charge is 0.328 e. The molecule has 5 nitrogen and oxygen atoms in total. The van der Waals surface area contributed by atoms with Gasteiger partial charge in [0.1, 0.15) is 6.04 Å². The van der Waals surface area contributed by atoms with Crippen LogP contribution >= 0.6 is 0 Å². The molecule has 2 aromatic carbocycles. The number of carbonyl (C=O) groups excluding carboxylic acids is 2. The predicted octanol–water partition coefficient (Wildman–Crippen LogP) is 3.43. The van der Waals surface area contributed by atoms with Crippen molar-refractivity contribution < 1.29 is 14.3 Å². The molecule has 0 aromatic heterocycles. The van der Waals surface area contributed by atoms with E-state index >= 15 is 0 Å². The second kappa shape index (κ2) is 10.4. The highest BCUT2D eigenvalue weighted by Gasteiger charge is 2.25. The lowest BCUT2D eigenvalue weighted by molar-refractivity contribution is -0.142. The van der Waals surface area contributed by atoms with E-state index in [1.807, 2.05) is 74.5 Å². The summed E-state index contributed by atoms with van der Waals surface area (Å²) in [5.74, 6) is -0.445. The molecule has 5 heteroatoms. The van der Waals surface area contributed by atoms with Crippen molar-refractivity contribution >= 4 is 12.0 Å². The molecule has 0 radical (unpaired) electrons. The van der Waals surface area contributed by atoms with Gasteiger partial charge in [-0.2, -0.15) is 0 Å². The Bertz CT molecular complexity index is 717. The molecular weight excluding hydrogens is 340 g/mol. The Morgan fingerprint density at radius 2 is 1.52 bits per heavy atom. The predicted molar refractivity (Wildman–Crippen MR) is 106 cm³/mol. The van der Waals surface area contributed by atoms with Gasteiger partial charge in [0.25, 0.3) is 0 Å². The monoisotopic (exact) mass is 368 g/mol. The number of benzene rings is 2. The topological polar surface area (TPSA) is 58.6 Å². The molecule has 0 aliphatic carbocycles. The largest absolute Gasteiger partial charge is 0.467 e. The van der Waals surface area contributed by atoms with Crippen LogP contribution in [0.15, 0.2) is 60.7 Å². The van der Waals surface area contributed by atoms with Crippen LogP contribution in [-0.4, -0.2) is 42.6 Å². The van der Waals surface area contributed by atoms with E-state index < -0.39 is 12.0 Å². The minimum absolute atomic E-state index is 0.0173. The number of nitrogens with one attached hydrogen (secondary N) is 1. The first-order valence-corrected chi connectivity index (χ1v) is 9.24. The van der Waals surface area contributed by atoms with E-state index in [0.717, 1.165) is 12.0 Å². The van der Waals surface area contributed by atoms with Crippen LogP contribution in [0.4, 0.5) is 4.79 Å². The van der Waals surface area contributed by atoms with E-state index in [0.29, 0.717) is 13.0 Å². The molecule has 27 heavy (non-hydrogen) atoms. The minimum Gasteiger partial charge on any atom is -0.467 e. The van der Waals surface area contributed by atoms with Crippen LogP contribution < -0.4 is 5.32 Å². The van der Waals surface area contributed by atoms with Gasteiger partial charge in [-0.15, -0.1) is 0 Å². The third kappa shape index (κ3) is 6.44. The molecule has 0 aliphatic heterocycles. The molecule has 0 aliphatic rings. The number of amides is 2. The Morgan fingerprint density at radius 3 is 2.04 bits per heavy atom. The van der Waals surface area contributed by atoms with Crippen molar-refractivity contribution in [2.75, 3.05) is 13.7 Å². The Morgan fingerprint density at radius 1 is 0.963 bits per heavy atom. The zero-order valence-electron chi connectivity index (χ0n) is 16.2. The second-order valence-electron chi connectivity index (χ2n) is 6.74. The fourth-order valence-electron chi connectivity index (χ4n) is 2.91. The number of hydrogen-bond acceptors (Lipinski definition) is 3. The molecule has 0 bridgehead atoms. The van der Waals surface area contributed by atoms with Gasteiger partial charge in [0.15, 0.2) is 0 Å². The standard InChI is InChI=1S/C22H28N2O3/c1-17(2)24(15-14-18-10-6-4-7-11-18)22(26)23-20(21(25)27-3)16-19-12-8-5-9-13-19/h4-13,17,20H,14-16H2,1-3H3,(H,23,26)/t20-/m0/s1. The molecule has 0 unspecified atom stereocenters. The van der Waals surface area contributed by atoms with Gasteiger partial charge >= 0.3 is 12.0 Å². The van der Waals surface area contributed by atoms with Crippen molar-refractivity contribution in [2.24, 2.45) is 0 Å². The summed E-state index contributed by atoms with van der Waals surface area (Å²) in [5, 5.41) is 2.85. The van der Waals surface area contributed by atoms with Crippen LogP contribution in [0.5, 0.6) is 0 Å². The van der Waals surface area contributed by atoms with Crippen LogP contribution in [0.3, 0.4) is 0 Å². The Kier molecular flexibility index (Phi) is 7.86. The molecule has 2 aromatic rings. The SMILES string of the molecule is COC(=O)[C@H](Cc1ccccc1)NC(=O)N(CCc1ccccc1)C(C)C. The zero-order valence-corrected chi connectivity index (χ0v) is 16.2. The molecule has 144 valence electrons. The quantitative estimate of drug-likeness (QED) is 0.726. The van der Waals surface area contributed by atoms with Crippen LogP contribution in [0, 0.1) is 0 Å². The highest BCUT2D eigenvalue weighted by atomic mass is 16.5. The molecular formula is C22H28N2O3. The minimum atomic E-state index is -0.720. The number of esters is 1. The van der Waals surface area contributed by atoms with Crippen molar-refractivity contribution in [1.82, 2.24) is 10.2 Å². The van der Waals surface area contributed by atoms with E-state index in [9.17, 15) is 9.59 Å². The molecule has 0 fully saturated rings. The van der Waals surface area contributed by atoms with Gasteiger partial charge in [0.2, 0.25) is 0 Å². The van der Waals surface area contributed by atoms with E-state index in [2.05, 4.69) is 5.32 Å². The van der Waals surface area contributed by atoms with Gasteiger partial charge in [-0.3, -0.25) is 0 Å². The van der Waals surface area contributed by atoms with Gasteiger partial charge in [0.05, 0.1) is 7.11 Å². The summed E-state index contributed by atoms with van der Waals surface area (Å²) >= 11 is 0. The van der Waals surface area contributed by atoms with Crippen LogP contribution in [0.2, 0.25) is 0 Å². The van der Waals surface area contributed by atoms with E-state index in [1.165, 1.54) is 12.7 Å². The average molecular weight is 368 g/mol. The Balaban J connectivity index is 2.04. The van der Waals surface area contributed by atoms with Crippen molar-refractivity contribution in [2.45, 2.75) is 38.8 Å². The number of carbonyl (C=O) groups is 2. The molecule has 0 saturated carbocycles. The summed E-state index contributed by atoms with van der Waals surface area (Å²) in [4.78, 5) is 26.7. The van der Waals surface area contributed by atoms with Crippen molar-refractivity contribution in [3.05, 3.63) is 71.8 Å². The highest BCUT2D eigenvalue weighted by Crippen LogP contribution is 2.08. The Labute approximate surface area is 161 Å². The average Bonchev–Trinajstić information content (AvgIpc) is 2.68. The van der Waals surface area contributed by atoms with Crippen molar-refractivity contribution in [3.8, 4) is 0 Å². The lowest BCUT2D eigenvalue weighted by Crippen LogP contribution is -2.51. The van der Waals surface area contributed by atoms with Crippen LogP contribution in [0.1, 0.15) is 25.0 Å². The van der Waals surface area contributed by atoms with Crippen LogP contribution in [0.25, 0.3) is 0 Å². The lowest BCUT2D eigenvalue weighted by atomic mass is 10.1. The normalized spacial score (nSPS) is 11.7. The molecule has 0 spiro atoms. The third-order valence-corrected chi connectivity index (χ3v) is 4.43. The first-order valence-electron chi connectivity index (χ1n) is 9.24. The number of rotatable bonds is 8. The molecule has 0 saturated heterocycles. The van der Waals surface area contributed by atoms with Crippen LogP contribution in [-0.2, 0) is 22.4 Å². The number of nitrogens with zero attached hydrogens (tertiary/aromatic N) is 1. The molecule has 1 atom stereocenters. The number of methoxy groups -OCH3 is 1. The summed E-state index contributed by atoms with van der Waals surface area (Å²) in [6.07, 6.45) is 1.15. The van der Waals surface area contributed by atoms with Gasteiger partial charge in [-0.05, 0) is 31.4 Å². The van der Waals surface area contributed by atoms with Gasteiger partial charge in [-0.1, -0.05) is 60.7 Å². The number of urea groups is 1. The number of hydrogen-bond donors (Lipinski definition) is 1. The van der Waals surface area contributed by atoms with Gasteiger partial charge < -0.3 is 15.0 Å². The molecule has 1 N–H and O–H groups in total. The Hall–Kier alpha value is -2.82. The summed E-state index contributed by atoms with van der Waals surface area (Å²) < 4.78 is 4.88. The number of ether oxygens (including phenoxy) is 1. The maximum atomic E-state index is 12.8.